The van der Waals surface area contributed by atoms with Crippen molar-refractivity contribution in [3.8, 4) is 0 Å². The van der Waals surface area contributed by atoms with E-state index in [1.807, 2.05) is 38.2 Å². The molecule has 3 rings (SSSR count). The summed E-state index contributed by atoms with van der Waals surface area (Å²) in [7, 11) is 1.82. The van der Waals surface area contributed by atoms with Gasteiger partial charge in [0.25, 0.3) is 5.91 Å². The van der Waals surface area contributed by atoms with Crippen molar-refractivity contribution in [2.24, 2.45) is 7.05 Å². The summed E-state index contributed by atoms with van der Waals surface area (Å²) in [6, 6.07) is 9.39. The molecule has 6 heteroatoms. The fourth-order valence-corrected chi connectivity index (χ4v) is 2.00. The van der Waals surface area contributed by atoms with Gasteiger partial charge in [-0.3, -0.25) is 9.89 Å². The van der Waals surface area contributed by atoms with Gasteiger partial charge in [-0.2, -0.15) is 5.10 Å². The third kappa shape index (κ3) is 1.97. The van der Waals surface area contributed by atoms with Crippen molar-refractivity contribution >= 4 is 22.8 Å². The average molecular weight is 255 g/mol. The maximum absolute atomic E-state index is 12.2. The minimum Gasteiger partial charge on any atom is -0.323 e. The number of H-pyrrole nitrogens is 1. The molecule has 0 atom stereocenters. The lowest BCUT2D eigenvalue weighted by molar-refractivity contribution is 0.101. The number of carbonyl (C=O) groups excluding carboxylic acids is 1. The Hall–Kier alpha value is -2.63. The van der Waals surface area contributed by atoms with Crippen LogP contribution in [0.25, 0.3) is 11.0 Å². The molecule has 0 saturated heterocycles. The smallest absolute Gasteiger partial charge is 0.292 e. The van der Waals surface area contributed by atoms with Crippen LogP contribution in [0.3, 0.4) is 0 Å². The van der Waals surface area contributed by atoms with Gasteiger partial charge in [-0.1, -0.05) is 12.1 Å². The van der Waals surface area contributed by atoms with Gasteiger partial charge in [-0.25, -0.2) is 4.98 Å². The number of hydrogen-bond acceptors (Lipinski definition) is 3. The first-order valence-corrected chi connectivity index (χ1v) is 5.90. The molecule has 2 aromatic heterocycles. The Kier molecular flexibility index (Phi) is 2.56. The van der Waals surface area contributed by atoms with Crippen molar-refractivity contribution in [3.05, 3.63) is 41.9 Å². The van der Waals surface area contributed by atoms with Crippen LogP contribution in [0.2, 0.25) is 0 Å². The van der Waals surface area contributed by atoms with Crippen molar-refractivity contribution in [3.63, 3.8) is 0 Å². The summed E-state index contributed by atoms with van der Waals surface area (Å²) in [5.74, 6) is 0.585. The summed E-state index contributed by atoms with van der Waals surface area (Å²) in [5, 5.41) is 9.46. The number of imidazole rings is 1. The molecular weight excluding hydrogens is 242 g/mol. The Balaban J connectivity index is 1.95. The van der Waals surface area contributed by atoms with Gasteiger partial charge >= 0.3 is 0 Å². The number of carbonyl (C=O) groups is 1. The second-order valence-electron chi connectivity index (χ2n) is 4.37. The summed E-state index contributed by atoms with van der Waals surface area (Å²) < 4.78 is 1.77. The second kappa shape index (κ2) is 4.24. The van der Waals surface area contributed by atoms with Crippen LogP contribution >= 0.6 is 0 Å². The molecule has 0 spiro atoms. The van der Waals surface area contributed by atoms with Gasteiger partial charge in [-0.15, -0.1) is 0 Å². The van der Waals surface area contributed by atoms with E-state index in [2.05, 4.69) is 20.5 Å². The zero-order valence-electron chi connectivity index (χ0n) is 10.6. The highest BCUT2D eigenvalue weighted by molar-refractivity contribution is 6.03. The molecule has 2 heterocycles. The van der Waals surface area contributed by atoms with E-state index >= 15 is 0 Å². The van der Waals surface area contributed by atoms with E-state index in [0.717, 1.165) is 16.7 Å². The second-order valence-corrected chi connectivity index (χ2v) is 4.37. The topological polar surface area (TPSA) is 75.6 Å². The van der Waals surface area contributed by atoms with Gasteiger partial charge in [-0.05, 0) is 19.1 Å². The van der Waals surface area contributed by atoms with Crippen molar-refractivity contribution in [1.29, 1.82) is 0 Å². The lowest BCUT2D eigenvalue weighted by Gasteiger charge is -2.01. The molecule has 0 bridgehead atoms. The van der Waals surface area contributed by atoms with E-state index in [0.29, 0.717) is 11.6 Å². The molecule has 6 nitrogen and oxygen atoms in total. The van der Waals surface area contributed by atoms with Gasteiger partial charge in [0.1, 0.15) is 0 Å². The minimum absolute atomic E-state index is 0.273. The summed E-state index contributed by atoms with van der Waals surface area (Å²) >= 11 is 0. The Morgan fingerprint density at radius 3 is 2.84 bits per heavy atom. The number of rotatable bonds is 2. The molecule has 0 saturated carbocycles. The van der Waals surface area contributed by atoms with Crippen molar-refractivity contribution in [1.82, 2.24) is 19.7 Å². The third-order valence-electron chi connectivity index (χ3n) is 2.94. The van der Waals surface area contributed by atoms with E-state index in [1.54, 1.807) is 10.6 Å². The summed E-state index contributed by atoms with van der Waals surface area (Å²) in [4.78, 5) is 16.5. The van der Waals surface area contributed by atoms with Crippen LogP contribution in [0.1, 0.15) is 16.3 Å². The molecule has 96 valence electrons. The first kappa shape index (κ1) is 11.5. The maximum Gasteiger partial charge on any atom is 0.292 e. The molecule has 0 fully saturated rings. The third-order valence-corrected chi connectivity index (χ3v) is 2.94. The zero-order chi connectivity index (χ0) is 13.4. The van der Waals surface area contributed by atoms with E-state index < -0.39 is 0 Å². The molecule has 2 N–H and O–H groups in total. The van der Waals surface area contributed by atoms with Crippen LogP contribution in [0.4, 0.5) is 5.82 Å². The fraction of sp³-hybridized carbons (Fsp3) is 0.154. The van der Waals surface area contributed by atoms with E-state index in [9.17, 15) is 4.79 Å². The van der Waals surface area contributed by atoms with Crippen molar-refractivity contribution in [2.45, 2.75) is 6.92 Å². The van der Waals surface area contributed by atoms with Gasteiger partial charge in [0.15, 0.2) is 11.6 Å². The standard InChI is InChI=1S/C13H13N5O/c1-8-7-11(17-16-8)15-13(19)12-14-9-5-3-4-6-10(9)18(12)2/h3-7H,1-2H3,(H2,15,16,17,19). The number of fused-ring (bicyclic) bond motifs is 1. The molecule has 1 aromatic carbocycles. The number of aromatic amines is 1. The number of aryl methyl sites for hydroxylation is 2. The summed E-state index contributed by atoms with van der Waals surface area (Å²) in [6.45, 7) is 1.87. The lowest BCUT2D eigenvalue weighted by Crippen LogP contribution is -2.17. The van der Waals surface area contributed by atoms with Crippen molar-refractivity contribution < 1.29 is 4.79 Å². The number of nitrogens with zero attached hydrogens (tertiary/aromatic N) is 3. The number of aromatic nitrogens is 4. The molecule has 0 radical (unpaired) electrons. The molecule has 0 aliphatic carbocycles. The maximum atomic E-state index is 12.2. The lowest BCUT2D eigenvalue weighted by atomic mass is 10.3. The molecule has 1 amide bonds. The first-order valence-electron chi connectivity index (χ1n) is 5.90. The monoisotopic (exact) mass is 255 g/mol. The molecule has 0 aliphatic rings. The fourth-order valence-electron chi connectivity index (χ4n) is 2.00. The van der Waals surface area contributed by atoms with E-state index in [-0.39, 0.29) is 5.91 Å². The Labute approximate surface area is 109 Å². The molecule has 0 unspecified atom stereocenters. The summed E-state index contributed by atoms with van der Waals surface area (Å²) in [5.41, 5.74) is 2.61. The van der Waals surface area contributed by atoms with Crippen molar-refractivity contribution in [2.75, 3.05) is 5.32 Å². The number of amides is 1. The van der Waals surface area contributed by atoms with Gasteiger partial charge in [0.05, 0.1) is 11.0 Å². The largest absolute Gasteiger partial charge is 0.323 e. The quantitative estimate of drug-likeness (QED) is 0.733. The van der Waals surface area contributed by atoms with Gasteiger partial charge in [0.2, 0.25) is 0 Å². The van der Waals surface area contributed by atoms with Crippen LogP contribution < -0.4 is 5.32 Å². The molecular formula is C13H13N5O. The summed E-state index contributed by atoms with van der Waals surface area (Å²) in [6.07, 6.45) is 0. The highest BCUT2D eigenvalue weighted by atomic mass is 16.2. The molecule has 0 aliphatic heterocycles. The highest BCUT2D eigenvalue weighted by Gasteiger charge is 2.15. The Morgan fingerprint density at radius 2 is 2.16 bits per heavy atom. The van der Waals surface area contributed by atoms with Crippen LogP contribution in [0, 0.1) is 6.92 Å². The number of benzene rings is 1. The number of nitrogens with one attached hydrogen (secondary N) is 2. The number of para-hydroxylation sites is 2. The van der Waals surface area contributed by atoms with E-state index in [1.165, 1.54) is 0 Å². The zero-order valence-corrected chi connectivity index (χ0v) is 10.6. The average Bonchev–Trinajstić information content (AvgIpc) is 2.94. The normalized spacial score (nSPS) is 10.8. The van der Waals surface area contributed by atoms with Crippen LogP contribution in [-0.4, -0.2) is 25.7 Å². The van der Waals surface area contributed by atoms with E-state index in [4.69, 9.17) is 0 Å². The first-order chi connectivity index (χ1) is 9.15. The highest BCUT2D eigenvalue weighted by Crippen LogP contribution is 2.15. The Bertz CT molecular complexity index is 755. The number of hydrogen-bond donors (Lipinski definition) is 2. The molecule has 3 aromatic rings. The van der Waals surface area contributed by atoms with Crippen LogP contribution in [-0.2, 0) is 7.05 Å². The minimum atomic E-state index is -0.273. The number of anilines is 1. The van der Waals surface area contributed by atoms with Crippen LogP contribution in [0.15, 0.2) is 30.3 Å². The van der Waals surface area contributed by atoms with Crippen LogP contribution in [0.5, 0.6) is 0 Å². The molecule has 19 heavy (non-hydrogen) atoms. The Morgan fingerprint density at radius 1 is 1.37 bits per heavy atom. The predicted octanol–water partition coefficient (Wildman–Crippen LogP) is 1.86. The van der Waals surface area contributed by atoms with Gasteiger partial charge in [0, 0.05) is 18.8 Å². The predicted molar refractivity (Wildman–Crippen MR) is 72.0 cm³/mol. The SMILES string of the molecule is Cc1cc(NC(=O)c2nc3ccccc3n2C)n[nH]1. The van der Waals surface area contributed by atoms with Gasteiger partial charge < -0.3 is 9.88 Å².